The Morgan fingerprint density at radius 1 is 1.45 bits per heavy atom. The normalized spacial score (nSPS) is 22.7. The molecule has 4 heteroatoms. The number of allylic oxidation sites excluding steroid dienone is 1. The molecule has 56 valence electrons. The molecule has 11 heavy (non-hydrogen) atoms. The van der Waals surface area contributed by atoms with Crippen LogP contribution >= 0.6 is 0 Å². The Morgan fingerprint density at radius 3 is 2.64 bits per heavy atom. The van der Waals surface area contributed by atoms with E-state index < -0.39 is 6.04 Å². The molecule has 1 rings (SSSR count). The third kappa shape index (κ3) is 1.46. The van der Waals surface area contributed by atoms with Crippen molar-refractivity contribution in [2.75, 3.05) is 0 Å². The molecule has 0 heterocycles. The molecule has 0 aliphatic heterocycles. The number of hydrogen-bond acceptors (Lipinski definition) is 4. The predicted molar refractivity (Wildman–Crippen MR) is 41.7 cm³/mol. The lowest BCUT2D eigenvalue weighted by atomic mass is 10.0. The molecule has 4 nitrogen and oxygen atoms in total. The minimum absolute atomic E-state index is 0.273. The summed E-state index contributed by atoms with van der Waals surface area (Å²) in [6.07, 6.45) is 4.39. The van der Waals surface area contributed by atoms with Crippen molar-refractivity contribution < 1.29 is 0 Å². The monoisotopic (exact) mass is 150 g/mol. The highest BCUT2D eigenvalue weighted by Gasteiger charge is 2.12. The third-order valence-electron chi connectivity index (χ3n) is 1.38. The molecule has 0 fully saturated rings. The predicted octanol–water partition coefficient (Wildman–Crippen LogP) is 1.90. The van der Waals surface area contributed by atoms with Crippen molar-refractivity contribution in [1.29, 1.82) is 0 Å². The van der Waals surface area contributed by atoms with E-state index in [9.17, 15) is 9.81 Å². The summed E-state index contributed by atoms with van der Waals surface area (Å²) in [6, 6.07) is -0.541. The molecule has 0 aromatic rings. The largest absolute Gasteiger partial charge is 0.150 e. The van der Waals surface area contributed by atoms with E-state index in [2.05, 4.69) is 16.9 Å². The van der Waals surface area contributed by atoms with Gasteiger partial charge in [-0.2, -0.15) is 0 Å². The zero-order valence-corrected chi connectivity index (χ0v) is 5.73. The lowest BCUT2D eigenvalue weighted by Crippen LogP contribution is -2.04. The summed E-state index contributed by atoms with van der Waals surface area (Å²) in [7, 11) is 0. The van der Waals surface area contributed by atoms with E-state index in [0.717, 1.165) is 0 Å². The minimum Gasteiger partial charge on any atom is -0.150 e. The van der Waals surface area contributed by atoms with Crippen LogP contribution < -0.4 is 0 Å². The fourth-order valence-corrected chi connectivity index (χ4v) is 0.796. The quantitative estimate of drug-likeness (QED) is 0.564. The highest BCUT2D eigenvalue weighted by atomic mass is 16.3. The van der Waals surface area contributed by atoms with Crippen LogP contribution in [0.1, 0.15) is 0 Å². The molecular formula is C7H6N2O2. The fourth-order valence-electron chi connectivity index (χ4n) is 0.796. The summed E-state index contributed by atoms with van der Waals surface area (Å²) in [5.74, 6) is 0. The molecule has 0 aromatic carbocycles. The smallest absolute Gasteiger partial charge is 0.135 e. The van der Waals surface area contributed by atoms with Gasteiger partial charge >= 0.3 is 0 Å². The van der Waals surface area contributed by atoms with Crippen LogP contribution in [0.4, 0.5) is 0 Å². The van der Waals surface area contributed by atoms with Crippen molar-refractivity contribution in [3.05, 3.63) is 45.9 Å². The summed E-state index contributed by atoms with van der Waals surface area (Å²) in [5, 5.41) is 5.46. The molecule has 1 unspecified atom stereocenters. The summed E-state index contributed by atoms with van der Waals surface area (Å²) in [6.45, 7) is 3.54. The van der Waals surface area contributed by atoms with Crippen molar-refractivity contribution in [2.45, 2.75) is 6.04 Å². The van der Waals surface area contributed by atoms with Crippen LogP contribution in [0.3, 0.4) is 0 Å². The Labute approximate surface area is 63.2 Å². The van der Waals surface area contributed by atoms with Gasteiger partial charge in [0.2, 0.25) is 0 Å². The van der Waals surface area contributed by atoms with Gasteiger partial charge in [0.1, 0.15) is 11.7 Å². The summed E-state index contributed by atoms with van der Waals surface area (Å²) in [4.78, 5) is 20.0. The van der Waals surface area contributed by atoms with E-state index in [1.165, 1.54) is 18.2 Å². The molecular weight excluding hydrogens is 144 g/mol. The van der Waals surface area contributed by atoms with E-state index in [1.807, 2.05) is 0 Å². The van der Waals surface area contributed by atoms with Crippen LogP contribution in [-0.4, -0.2) is 6.04 Å². The highest BCUT2D eigenvalue weighted by Crippen LogP contribution is 2.17. The molecule has 1 atom stereocenters. The zero-order chi connectivity index (χ0) is 8.27. The third-order valence-corrected chi connectivity index (χ3v) is 1.38. The molecule has 1 aliphatic rings. The first-order chi connectivity index (χ1) is 5.27. The molecule has 1 aliphatic carbocycles. The Bertz CT molecular complexity index is 266. The molecule has 0 saturated carbocycles. The molecule has 0 aromatic heterocycles. The Balaban J connectivity index is 2.87. The van der Waals surface area contributed by atoms with Gasteiger partial charge < -0.3 is 0 Å². The molecule has 0 saturated heterocycles. The molecule has 0 amide bonds. The second-order valence-electron chi connectivity index (χ2n) is 2.14. The van der Waals surface area contributed by atoms with Gasteiger partial charge in [-0.3, -0.25) is 0 Å². The molecule has 0 radical (unpaired) electrons. The first-order valence-electron chi connectivity index (χ1n) is 3.02. The average molecular weight is 150 g/mol. The number of rotatable bonds is 2. The van der Waals surface area contributed by atoms with Gasteiger partial charge in [0.15, 0.2) is 0 Å². The Kier molecular flexibility index (Phi) is 2.06. The number of hydrogen-bond donors (Lipinski definition) is 0. The van der Waals surface area contributed by atoms with Crippen molar-refractivity contribution in [2.24, 2.45) is 10.4 Å². The fraction of sp³-hybridized carbons (Fsp3) is 0.143. The van der Waals surface area contributed by atoms with E-state index in [4.69, 9.17) is 0 Å². The molecule has 0 N–H and O–H groups in total. The summed E-state index contributed by atoms with van der Waals surface area (Å²) < 4.78 is 0. The van der Waals surface area contributed by atoms with E-state index >= 15 is 0 Å². The van der Waals surface area contributed by atoms with Crippen LogP contribution in [0.5, 0.6) is 0 Å². The number of nitrogens with zero attached hydrogens (tertiary/aromatic N) is 2. The van der Waals surface area contributed by atoms with E-state index in [-0.39, 0.29) is 5.70 Å². The lowest BCUT2D eigenvalue weighted by Gasteiger charge is -2.07. The minimum atomic E-state index is -0.541. The second kappa shape index (κ2) is 3.01. The average Bonchev–Trinajstić information content (AvgIpc) is 2.04. The van der Waals surface area contributed by atoms with Gasteiger partial charge in [-0.15, -0.1) is 9.81 Å². The van der Waals surface area contributed by atoms with Gasteiger partial charge in [0.25, 0.3) is 0 Å². The molecule has 0 bridgehead atoms. The van der Waals surface area contributed by atoms with Crippen molar-refractivity contribution >= 4 is 0 Å². The lowest BCUT2D eigenvalue weighted by molar-refractivity contribution is 0.954. The van der Waals surface area contributed by atoms with Crippen LogP contribution in [0.2, 0.25) is 0 Å². The molecule has 0 spiro atoms. The van der Waals surface area contributed by atoms with Crippen LogP contribution in [0.15, 0.2) is 46.4 Å². The first kappa shape index (κ1) is 7.53. The van der Waals surface area contributed by atoms with Gasteiger partial charge in [0, 0.05) is 0 Å². The standard InChI is InChI=1S/C7H6N2O2/c1-5-4-6(8-10)2-3-7(5)9-11/h2-4,7H,1H2. The van der Waals surface area contributed by atoms with Crippen molar-refractivity contribution in [1.82, 2.24) is 0 Å². The van der Waals surface area contributed by atoms with Gasteiger partial charge in [-0.05, 0) is 29.0 Å². The van der Waals surface area contributed by atoms with E-state index in [0.29, 0.717) is 5.57 Å². The Hall–Kier alpha value is -1.58. The SMILES string of the molecule is C=C1C=C(N=O)C=CC1N=O. The zero-order valence-electron chi connectivity index (χ0n) is 5.73. The first-order valence-corrected chi connectivity index (χ1v) is 3.02. The topological polar surface area (TPSA) is 58.9 Å². The van der Waals surface area contributed by atoms with Crippen molar-refractivity contribution in [3.8, 4) is 0 Å². The Morgan fingerprint density at radius 2 is 2.18 bits per heavy atom. The maximum Gasteiger partial charge on any atom is 0.135 e. The van der Waals surface area contributed by atoms with Crippen LogP contribution in [0.25, 0.3) is 0 Å². The van der Waals surface area contributed by atoms with Gasteiger partial charge in [-0.25, -0.2) is 0 Å². The maximum atomic E-state index is 10.1. The van der Waals surface area contributed by atoms with Crippen molar-refractivity contribution in [3.63, 3.8) is 0 Å². The maximum absolute atomic E-state index is 10.1. The van der Waals surface area contributed by atoms with Crippen LogP contribution in [0, 0.1) is 9.81 Å². The summed E-state index contributed by atoms with van der Waals surface area (Å²) >= 11 is 0. The van der Waals surface area contributed by atoms with Crippen LogP contribution in [-0.2, 0) is 0 Å². The highest BCUT2D eigenvalue weighted by molar-refractivity contribution is 5.39. The van der Waals surface area contributed by atoms with Gasteiger partial charge in [0.05, 0.1) is 0 Å². The van der Waals surface area contributed by atoms with Gasteiger partial charge in [-0.1, -0.05) is 11.8 Å². The summed E-state index contributed by atoms with van der Waals surface area (Å²) in [5.41, 5.74) is 0.770. The van der Waals surface area contributed by atoms with E-state index in [1.54, 1.807) is 0 Å². The second-order valence-corrected chi connectivity index (χ2v) is 2.14. The number of nitroso groups, excluding NO2 is 2.